The summed E-state index contributed by atoms with van der Waals surface area (Å²) in [5, 5.41) is 5.68. The Kier molecular flexibility index (Phi) is 10.7. The molecule has 4 aromatic rings. The van der Waals surface area contributed by atoms with Gasteiger partial charge in [0.25, 0.3) is 15.9 Å². The zero-order chi connectivity index (χ0) is 32.9. The highest BCUT2D eigenvalue weighted by atomic mass is 32.2. The summed E-state index contributed by atoms with van der Waals surface area (Å²) in [5.41, 5.74) is 2.08. The molecule has 5 rings (SSSR count). The highest BCUT2D eigenvalue weighted by Crippen LogP contribution is 2.31. The first-order valence-corrected chi connectivity index (χ1v) is 18.6. The molecule has 0 bridgehead atoms. The molecule has 1 unspecified atom stereocenters. The van der Waals surface area contributed by atoms with E-state index in [1.165, 1.54) is 16.9 Å². The number of aromatic amines is 1. The van der Waals surface area contributed by atoms with Gasteiger partial charge in [0.05, 0.1) is 11.2 Å². The fourth-order valence-corrected chi connectivity index (χ4v) is 8.70. The van der Waals surface area contributed by atoms with Crippen molar-refractivity contribution in [3.63, 3.8) is 0 Å². The number of thioether (sulfide) groups is 1. The third kappa shape index (κ3) is 8.44. The number of hydrogen-bond donors (Lipinski definition) is 2. The maximum Gasteiger partial charge on any atom is 0.410 e. The van der Waals surface area contributed by atoms with E-state index in [2.05, 4.69) is 27.3 Å². The molecule has 1 saturated heterocycles. The number of piperazine rings is 1. The molecule has 1 atom stereocenters. The van der Waals surface area contributed by atoms with Crippen molar-refractivity contribution in [2.45, 2.75) is 41.6 Å². The highest BCUT2D eigenvalue weighted by molar-refractivity contribution is 7.99. The minimum Gasteiger partial charge on any atom is -0.444 e. The monoisotopic (exact) mass is 683 g/mol. The maximum atomic E-state index is 13.4. The quantitative estimate of drug-likeness (QED) is 0.210. The number of nitrogens with one attached hydrogen (secondary N) is 2. The van der Waals surface area contributed by atoms with Crippen molar-refractivity contribution in [1.82, 2.24) is 20.1 Å². The molecule has 0 saturated carbocycles. The third-order valence-electron chi connectivity index (χ3n) is 7.63. The second-order valence-electron chi connectivity index (χ2n) is 12.2. The molecule has 0 radical (unpaired) electrons. The van der Waals surface area contributed by atoms with Gasteiger partial charge in [0.1, 0.15) is 15.5 Å². The maximum absolute atomic E-state index is 13.4. The normalized spacial score (nSPS) is 15.1. The van der Waals surface area contributed by atoms with Gasteiger partial charge in [-0.25, -0.2) is 13.2 Å². The van der Waals surface area contributed by atoms with Gasteiger partial charge >= 0.3 is 6.09 Å². The summed E-state index contributed by atoms with van der Waals surface area (Å²) >= 11 is 2.95. The molecule has 2 amide bonds. The Balaban J connectivity index is 1.25. The number of aromatic nitrogens is 1. The first-order chi connectivity index (χ1) is 21.9. The number of H-pyrrole nitrogens is 1. The first kappa shape index (κ1) is 33.8. The number of carbonyl (C=O) groups is 2. The predicted molar refractivity (Wildman–Crippen MR) is 186 cm³/mol. The minimum atomic E-state index is -3.74. The van der Waals surface area contributed by atoms with Crippen LogP contribution in [-0.2, 0) is 20.5 Å². The largest absolute Gasteiger partial charge is 0.444 e. The molecule has 2 N–H and O–H groups in total. The van der Waals surface area contributed by atoms with E-state index in [9.17, 15) is 18.0 Å². The van der Waals surface area contributed by atoms with Gasteiger partial charge in [0.15, 0.2) is 0 Å². The summed E-state index contributed by atoms with van der Waals surface area (Å²) in [5.74, 6) is 0.547. The van der Waals surface area contributed by atoms with Crippen molar-refractivity contribution >= 4 is 61.7 Å². The number of benzene rings is 2. The standard InChI is InChI=1S/C33H41N5O5S3/c1-33(2,3)43-32(40)38-17-15-37(16-18-38)22-26(45-23-24-10-6-5-7-11-24)21-34-31(39)27-20-25-12-8-13-28(30(25)35-27)36(4)46(41,42)29-14-9-19-44-29/h5-14,19-20,26,35H,15-18,21-23H2,1-4H3,(H,34,39). The van der Waals surface area contributed by atoms with E-state index in [0.717, 1.165) is 42.1 Å². The van der Waals surface area contributed by atoms with Crippen LogP contribution in [0.2, 0.25) is 0 Å². The minimum absolute atomic E-state index is 0.0965. The average molecular weight is 684 g/mol. The Morgan fingerprint density at radius 1 is 1.04 bits per heavy atom. The number of nitrogens with zero attached hydrogens (tertiary/aromatic N) is 3. The number of thiophene rings is 1. The zero-order valence-corrected chi connectivity index (χ0v) is 29.0. The lowest BCUT2D eigenvalue weighted by Gasteiger charge is -2.37. The van der Waals surface area contributed by atoms with E-state index in [1.807, 2.05) is 45.0 Å². The SMILES string of the molecule is CN(c1cccc2cc(C(=O)NCC(CN3CCN(C(=O)OC(C)(C)C)CC3)SCc3ccccc3)[nH]c12)S(=O)(=O)c1cccs1. The number of hydrogen-bond acceptors (Lipinski definition) is 8. The topological polar surface area (TPSA) is 115 Å². The van der Waals surface area contributed by atoms with Gasteiger partial charge < -0.3 is 19.9 Å². The van der Waals surface area contributed by atoms with E-state index in [0.29, 0.717) is 36.5 Å². The number of anilines is 1. The lowest BCUT2D eigenvalue weighted by Crippen LogP contribution is -2.52. The molecule has 3 heterocycles. The van der Waals surface area contributed by atoms with Gasteiger partial charge in [0, 0.05) is 62.7 Å². The van der Waals surface area contributed by atoms with Crippen LogP contribution in [0.5, 0.6) is 0 Å². The van der Waals surface area contributed by atoms with E-state index < -0.39 is 15.6 Å². The number of rotatable bonds is 11. The molecule has 1 fully saturated rings. The molecule has 0 aliphatic carbocycles. The smallest absolute Gasteiger partial charge is 0.410 e. The van der Waals surface area contributed by atoms with Crippen LogP contribution in [0.3, 0.4) is 0 Å². The van der Waals surface area contributed by atoms with Crippen LogP contribution in [0.15, 0.2) is 76.3 Å². The van der Waals surface area contributed by atoms with Crippen molar-refractivity contribution in [3.05, 3.63) is 83.4 Å². The van der Waals surface area contributed by atoms with E-state index >= 15 is 0 Å². The predicted octanol–water partition coefficient (Wildman–Crippen LogP) is 5.64. The summed E-state index contributed by atoms with van der Waals surface area (Å²) < 4.78 is 33.4. The third-order valence-corrected chi connectivity index (χ3v) is 12.1. The van der Waals surface area contributed by atoms with Gasteiger partial charge in [-0.05, 0) is 49.9 Å². The number of amides is 2. The van der Waals surface area contributed by atoms with Crippen LogP contribution in [0.1, 0.15) is 36.8 Å². The number of para-hydroxylation sites is 1. The summed E-state index contributed by atoms with van der Waals surface area (Å²) in [6.07, 6.45) is -0.286. The molecule has 46 heavy (non-hydrogen) atoms. The van der Waals surface area contributed by atoms with Crippen molar-refractivity contribution < 1.29 is 22.7 Å². The van der Waals surface area contributed by atoms with E-state index in [-0.39, 0.29) is 21.5 Å². The number of sulfonamides is 1. The molecule has 10 nitrogen and oxygen atoms in total. The van der Waals surface area contributed by atoms with Gasteiger partial charge in [-0.15, -0.1) is 11.3 Å². The fraction of sp³-hybridized carbons (Fsp3) is 0.394. The average Bonchev–Trinajstić information content (AvgIpc) is 3.73. The Hall–Kier alpha value is -3.52. The second kappa shape index (κ2) is 14.5. The van der Waals surface area contributed by atoms with Crippen molar-refractivity contribution in [3.8, 4) is 0 Å². The summed E-state index contributed by atoms with van der Waals surface area (Å²) in [7, 11) is -2.22. The van der Waals surface area contributed by atoms with Crippen LogP contribution in [0, 0.1) is 0 Å². The number of ether oxygens (including phenoxy) is 1. The molecule has 2 aromatic carbocycles. The van der Waals surface area contributed by atoms with Gasteiger partial charge in [0.2, 0.25) is 0 Å². The Morgan fingerprint density at radius 3 is 2.46 bits per heavy atom. The molecule has 246 valence electrons. The molecular formula is C33H41N5O5S3. The van der Waals surface area contributed by atoms with E-state index in [4.69, 9.17) is 4.74 Å². The summed E-state index contributed by atoms with van der Waals surface area (Å²) in [6.45, 7) is 9.43. The molecule has 1 aliphatic rings. The van der Waals surface area contributed by atoms with Gasteiger partial charge in [-0.2, -0.15) is 11.8 Å². The van der Waals surface area contributed by atoms with Crippen molar-refractivity contribution in [2.75, 3.05) is 50.6 Å². The number of fused-ring (bicyclic) bond motifs is 1. The van der Waals surface area contributed by atoms with Crippen LogP contribution < -0.4 is 9.62 Å². The Bertz CT molecular complexity index is 1730. The van der Waals surface area contributed by atoms with Gasteiger partial charge in [-0.3, -0.25) is 14.0 Å². The lowest BCUT2D eigenvalue weighted by atomic mass is 10.2. The molecule has 2 aromatic heterocycles. The van der Waals surface area contributed by atoms with E-state index in [1.54, 1.807) is 52.4 Å². The summed E-state index contributed by atoms with van der Waals surface area (Å²) in [4.78, 5) is 33.2. The zero-order valence-electron chi connectivity index (χ0n) is 26.6. The van der Waals surface area contributed by atoms with Crippen LogP contribution in [-0.4, -0.2) is 92.4 Å². The second-order valence-corrected chi connectivity index (χ2v) is 16.7. The highest BCUT2D eigenvalue weighted by Gasteiger charge is 2.28. The fourth-order valence-electron chi connectivity index (χ4n) is 5.19. The Morgan fingerprint density at radius 2 is 1.78 bits per heavy atom. The molecule has 0 spiro atoms. The van der Waals surface area contributed by atoms with Crippen molar-refractivity contribution in [1.29, 1.82) is 0 Å². The van der Waals surface area contributed by atoms with Crippen LogP contribution in [0.25, 0.3) is 10.9 Å². The van der Waals surface area contributed by atoms with Gasteiger partial charge in [-0.1, -0.05) is 48.5 Å². The summed E-state index contributed by atoms with van der Waals surface area (Å²) in [6, 6.07) is 20.6. The first-order valence-electron chi connectivity index (χ1n) is 15.2. The molecule has 13 heteroatoms. The number of carbonyl (C=O) groups excluding carboxylic acids is 2. The molecule has 1 aliphatic heterocycles. The van der Waals surface area contributed by atoms with Crippen LogP contribution in [0.4, 0.5) is 10.5 Å². The Labute approximate surface area is 279 Å². The molecular weight excluding hydrogens is 643 g/mol. The van der Waals surface area contributed by atoms with Crippen molar-refractivity contribution in [2.24, 2.45) is 0 Å². The lowest BCUT2D eigenvalue weighted by molar-refractivity contribution is 0.0145. The van der Waals surface area contributed by atoms with Crippen LogP contribution >= 0.6 is 23.1 Å².